The highest BCUT2D eigenvalue weighted by molar-refractivity contribution is 7.83. The van der Waals surface area contributed by atoms with Gasteiger partial charge in [-0.05, 0) is 12.3 Å². The van der Waals surface area contributed by atoms with E-state index in [9.17, 15) is 0 Å². The molecular weight excluding hydrogens is 402 g/mol. The number of imidazole rings is 1. The van der Waals surface area contributed by atoms with Crippen LogP contribution >= 0.6 is 35.3 Å². The minimum Gasteiger partial charge on any atom is -0.497 e. The Morgan fingerprint density at radius 3 is 2.89 bits per heavy atom. The highest BCUT2D eigenvalue weighted by Gasteiger charge is 2.16. The SMILES string of the molecule is CN/C(=C\S)COc1cc(OC)cc2nc(-c3cn4nc(C)sc4n3)sc12. The Hall–Kier alpha value is -2.30. The van der Waals surface area contributed by atoms with E-state index < -0.39 is 0 Å². The van der Waals surface area contributed by atoms with Crippen LogP contribution in [-0.2, 0) is 0 Å². The summed E-state index contributed by atoms with van der Waals surface area (Å²) in [5.74, 6) is 1.41. The highest BCUT2D eigenvalue weighted by atomic mass is 32.1. The molecule has 1 N–H and O–H groups in total. The summed E-state index contributed by atoms with van der Waals surface area (Å²) in [6.45, 7) is 2.34. The lowest BCUT2D eigenvalue weighted by molar-refractivity contribution is 0.345. The largest absolute Gasteiger partial charge is 0.497 e. The van der Waals surface area contributed by atoms with Gasteiger partial charge in [0.05, 0.1) is 29.2 Å². The Morgan fingerprint density at radius 2 is 2.19 bits per heavy atom. The van der Waals surface area contributed by atoms with Crippen LogP contribution in [0.15, 0.2) is 29.4 Å². The molecule has 0 fully saturated rings. The Morgan fingerprint density at radius 1 is 1.33 bits per heavy atom. The van der Waals surface area contributed by atoms with Gasteiger partial charge in [0, 0.05) is 19.2 Å². The zero-order chi connectivity index (χ0) is 19.0. The number of rotatable bonds is 6. The van der Waals surface area contributed by atoms with Gasteiger partial charge < -0.3 is 14.8 Å². The third-order valence-electron chi connectivity index (χ3n) is 3.89. The molecule has 0 spiro atoms. The average Bonchev–Trinajstić information content (AvgIpc) is 3.34. The molecule has 10 heteroatoms. The van der Waals surface area contributed by atoms with Crippen LogP contribution in [0.3, 0.4) is 0 Å². The molecular formula is C17H17N5O2S3. The quantitative estimate of drug-likeness (QED) is 0.464. The number of fused-ring (bicyclic) bond motifs is 2. The van der Waals surface area contributed by atoms with Gasteiger partial charge in [0.1, 0.15) is 33.8 Å². The maximum Gasteiger partial charge on any atom is 0.212 e. The van der Waals surface area contributed by atoms with E-state index in [4.69, 9.17) is 14.5 Å². The fourth-order valence-electron chi connectivity index (χ4n) is 2.54. The van der Waals surface area contributed by atoms with Crippen molar-refractivity contribution in [2.45, 2.75) is 6.92 Å². The molecule has 0 amide bonds. The van der Waals surface area contributed by atoms with Crippen molar-refractivity contribution >= 4 is 50.5 Å². The molecule has 0 saturated heterocycles. The number of hydrogen-bond acceptors (Lipinski definition) is 9. The van der Waals surface area contributed by atoms with E-state index in [1.165, 1.54) is 11.3 Å². The van der Waals surface area contributed by atoms with Crippen LogP contribution in [0.2, 0.25) is 0 Å². The van der Waals surface area contributed by atoms with Crippen molar-refractivity contribution in [1.29, 1.82) is 0 Å². The summed E-state index contributed by atoms with van der Waals surface area (Å²) in [7, 11) is 3.46. The van der Waals surface area contributed by atoms with Crippen LogP contribution in [0.1, 0.15) is 5.01 Å². The molecule has 4 aromatic rings. The van der Waals surface area contributed by atoms with Gasteiger partial charge in [0.25, 0.3) is 0 Å². The molecule has 0 radical (unpaired) electrons. The molecule has 4 rings (SSSR count). The predicted octanol–water partition coefficient (Wildman–Crippen LogP) is 3.75. The van der Waals surface area contributed by atoms with Crippen molar-refractivity contribution in [1.82, 2.24) is 24.9 Å². The molecule has 0 aliphatic carbocycles. The first kappa shape index (κ1) is 18.1. The number of methoxy groups -OCH3 is 1. The van der Waals surface area contributed by atoms with Crippen molar-refractivity contribution < 1.29 is 9.47 Å². The second kappa shape index (κ2) is 7.37. The molecule has 0 atom stereocenters. The van der Waals surface area contributed by atoms with Crippen molar-refractivity contribution in [2.75, 3.05) is 20.8 Å². The molecule has 0 unspecified atom stereocenters. The molecule has 0 saturated carbocycles. The fourth-order valence-corrected chi connectivity index (χ4v) is 4.44. The third-order valence-corrected chi connectivity index (χ3v) is 6.15. The van der Waals surface area contributed by atoms with E-state index in [0.717, 1.165) is 36.6 Å². The van der Waals surface area contributed by atoms with Crippen LogP contribution in [-0.4, -0.2) is 40.3 Å². The van der Waals surface area contributed by atoms with Gasteiger partial charge in [0.2, 0.25) is 4.96 Å². The smallest absolute Gasteiger partial charge is 0.212 e. The first-order chi connectivity index (χ1) is 13.1. The molecule has 3 aromatic heterocycles. The van der Waals surface area contributed by atoms with Gasteiger partial charge in [-0.25, -0.2) is 14.5 Å². The predicted molar refractivity (Wildman–Crippen MR) is 112 cm³/mol. The van der Waals surface area contributed by atoms with E-state index >= 15 is 0 Å². The Bertz CT molecular complexity index is 1110. The van der Waals surface area contributed by atoms with Gasteiger partial charge in [-0.3, -0.25) is 0 Å². The summed E-state index contributed by atoms with van der Waals surface area (Å²) in [4.78, 5) is 10.2. The van der Waals surface area contributed by atoms with Crippen molar-refractivity contribution in [3.05, 3.63) is 34.4 Å². The zero-order valence-corrected chi connectivity index (χ0v) is 17.4. The fraction of sp³-hybridized carbons (Fsp3) is 0.235. The molecule has 1 aromatic carbocycles. The second-order valence-electron chi connectivity index (χ2n) is 5.66. The zero-order valence-electron chi connectivity index (χ0n) is 14.9. The number of aryl methyl sites for hydroxylation is 1. The van der Waals surface area contributed by atoms with Gasteiger partial charge >= 0.3 is 0 Å². The maximum atomic E-state index is 5.99. The van der Waals surface area contributed by atoms with Crippen LogP contribution in [0.25, 0.3) is 25.9 Å². The standard InChI is InChI=1S/C17H17N5O2S3/c1-9-21-22-6-13(20-17(22)26-9)16-19-12-4-11(23-3)5-14(15(12)27-16)24-7-10(8-25)18-2/h4-6,8,18,25H,7H2,1-3H3/b10-8-. The van der Waals surface area contributed by atoms with Crippen molar-refractivity contribution in [2.24, 2.45) is 0 Å². The number of nitrogens with zero attached hydrogens (tertiary/aromatic N) is 4. The molecule has 0 aliphatic rings. The minimum absolute atomic E-state index is 0.374. The number of hydrogen-bond donors (Lipinski definition) is 2. The topological polar surface area (TPSA) is 73.6 Å². The van der Waals surface area contributed by atoms with Crippen molar-refractivity contribution in [3.63, 3.8) is 0 Å². The van der Waals surface area contributed by atoms with E-state index in [2.05, 4.69) is 28.0 Å². The minimum atomic E-state index is 0.374. The Labute approximate surface area is 169 Å². The van der Waals surface area contributed by atoms with Crippen LogP contribution in [0.4, 0.5) is 0 Å². The van der Waals surface area contributed by atoms with Crippen LogP contribution in [0.5, 0.6) is 11.5 Å². The highest BCUT2D eigenvalue weighted by Crippen LogP contribution is 2.39. The van der Waals surface area contributed by atoms with Crippen LogP contribution in [0, 0.1) is 6.92 Å². The number of thiol groups is 1. The maximum absolute atomic E-state index is 5.99. The number of ether oxygens (including phenoxy) is 2. The van der Waals surface area contributed by atoms with E-state index in [1.54, 1.807) is 28.4 Å². The first-order valence-electron chi connectivity index (χ1n) is 8.07. The molecule has 7 nitrogen and oxygen atoms in total. The number of benzene rings is 1. The van der Waals surface area contributed by atoms with Crippen LogP contribution < -0.4 is 14.8 Å². The van der Waals surface area contributed by atoms with E-state index in [1.807, 2.05) is 32.3 Å². The Kier molecular flexibility index (Phi) is 4.94. The molecule has 3 heterocycles. The van der Waals surface area contributed by atoms with Crippen molar-refractivity contribution in [3.8, 4) is 22.2 Å². The number of likely N-dealkylation sites (N-methyl/N-ethyl adjacent to an activating group) is 1. The number of nitrogens with one attached hydrogen (secondary N) is 1. The molecule has 0 bridgehead atoms. The Balaban J connectivity index is 1.75. The number of aromatic nitrogens is 4. The second-order valence-corrected chi connectivity index (χ2v) is 8.08. The average molecular weight is 420 g/mol. The van der Waals surface area contributed by atoms with Gasteiger partial charge in [-0.1, -0.05) is 11.3 Å². The molecule has 140 valence electrons. The lowest BCUT2D eigenvalue weighted by atomic mass is 10.3. The monoisotopic (exact) mass is 419 g/mol. The van der Waals surface area contributed by atoms with E-state index in [0.29, 0.717) is 18.1 Å². The normalized spacial score (nSPS) is 12.1. The van der Waals surface area contributed by atoms with Gasteiger partial charge in [-0.2, -0.15) is 5.10 Å². The summed E-state index contributed by atoms with van der Waals surface area (Å²) in [6, 6.07) is 3.77. The summed E-state index contributed by atoms with van der Waals surface area (Å²) in [5.41, 5.74) is 2.48. The lowest BCUT2D eigenvalue weighted by Gasteiger charge is -2.10. The summed E-state index contributed by atoms with van der Waals surface area (Å²) in [5, 5.41) is 10.9. The third kappa shape index (κ3) is 3.47. The molecule has 0 aliphatic heterocycles. The number of thiazole rings is 1. The summed E-state index contributed by atoms with van der Waals surface area (Å²) < 4.78 is 14.1. The summed E-state index contributed by atoms with van der Waals surface area (Å²) >= 11 is 7.27. The van der Waals surface area contributed by atoms with Gasteiger partial charge in [-0.15, -0.1) is 24.0 Å². The van der Waals surface area contributed by atoms with Gasteiger partial charge in [0.15, 0.2) is 0 Å². The lowest BCUT2D eigenvalue weighted by Crippen LogP contribution is -2.13. The molecule has 27 heavy (non-hydrogen) atoms. The first-order valence-corrected chi connectivity index (χ1v) is 10.2. The van der Waals surface area contributed by atoms with E-state index in [-0.39, 0.29) is 0 Å². The summed E-state index contributed by atoms with van der Waals surface area (Å²) in [6.07, 6.45) is 1.90.